The average molecular weight is 306 g/mol. The van der Waals surface area contributed by atoms with E-state index >= 15 is 0 Å². The topological polar surface area (TPSA) is 6.48 Å². The molecule has 0 aromatic carbocycles. The van der Waals surface area contributed by atoms with E-state index in [2.05, 4.69) is 41.5 Å². The normalized spacial score (nSPS) is 17.5. The second kappa shape index (κ2) is 11.8. The zero-order valence-corrected chi connectivity index (χ0v) is 13.4. The molecule has 1 heterocycles. The Hall–Kier alpha value is 1.69. The highest BCUT2D eigenvalue weighted by atomic mass is 79.9. The first-order valence-corrected chi connectivity index (χ1v) is 9.01. The quantitative estimate of drug-likeness (QED) is 0.595. The summed E-state index contributed by atoms with van der Waals surface area (Å²) in [6.07, 6.45) is 0. The molecule has 0 spiro atoms. The van der Waals surface area contributed by atoms with Crippen molar-refractivity contribution in [3.05, 3.63) is 0 Å². The third kappa shape index (κ3) is 8.67. The van der Waals surface area contributed by atoms with Crippen LogP contribution in [0.1, 0.15) is 13.8 Å². The van der Waals surface area contributed by atoms with Gasteiger partial charge in [0.05, 0.1) is 6.67 Å². The summed E-state index contributed by atoms with van der Waals surface area (Å²) in [5.41, 5.74) is 0. The van der Waals surface area contributed by atoms with Crippen LogP contribution in [0.4, 0.5) is 0 Å². The molecule has 0 bridgehead atoms. The summed E-state index contributed by atoms with van der Waals surface area (Å²) >= 11 is 0. The van der Waals surface area contributed by atoms with Gasteiger partial charge in [-0.2, -0.15) is 0 Å². The van der Waals surface area contributed by atoms with Crippen molar-refractivity contribution < 1.29 is 17.0 Å². The van der Waals surface area contributed by atoms with Crippen LogP contribution >= 0.6 is 25.8 Å². The number of likely N-dealkylation sites (N-methyl/N-ethyl adjacent to an activating group) is 2. The summed E-state index contributed by atoms with van der Waals surface area (Å²) in [6, 6.07) is 0. The maximum Gasteiger partial charge on any atom is 0.0507 e. The van der Waals surface area contributed by atoms with Gasteiger partial charge in [0.15, 0.2) is 0 Å². The van der Waals surface area contributed by atoms with Crippen molar-refractivity contribution in [2.45, 2.75) is 13.8 Å². The maximum atomic E-state index is 2.57. The minimum Gasteiger partial charge on any atom is -1.00 e. The van der Waals surface area contributed by atoms with Crippen molar-refractivity contribution in [1.82, 2.24) is 9.80 Å². The fourth-order valence-corrected chi connectivity index (χ4v) is 1.22. The summed E-state index contributed by atoms with van der Waals surface area (Å²) in [7, 11) is 6.06. The molecule has 1 saturated heterocycles. The van der Waals surface area contributed by atoms with Crippen LogP contribution in [0, 0.1) is 0 Å². The van der Waals surface area contributed by atoms with Gasteiger partial charge in [-0.3, -0.25) is 9.80 Å². The SMILES string of the molecule is CCN1CCN(CC)C1.PPP.[Br-]. The van der Waals surface area contributed by atoms with Gasteiger partial charge < -0.3 is 17.0 Å². The third-order valence-corrected chi connectivity index (χ3v) is 2.03. The third-order valence-electron chi connectivity index (χ3n) is 2.03. The summed E-state index contributed by atoms with van der Waals surface area (Å²) < 4.78 is 0. The second-order valence-corrected chi connectivity index (χ2v) is 7.06. The summed E-state index contributed by atoms with van der Waals surface area (Å²) in [5, 5.41) is 0. The number of hydrogen-bond donors (Lipinski definition) is 0. The van der Waals surface area contributed by atoms with Crippen LogP contribution in [0.3, 0.4) is 0 Å². The highest BCUT2D eigenvalue weighted by Crippen LogP contribution is 2.28. The number of rotatable bonds is 2. The fourth-order valence-electron chi connectivity index (χ4n) is 1.22. The van der Waals surface area contributed by atoms with E-state index in [-0.39, 0.29) is 17.0 Å². The molecule has 1 aliphatic rings. The second-order valence-electron chi connectivity index (χ2n) is 2.73. The van der Waals surface area contributed by atoms with Gasteiger partial charge in [0.1, 0.15) is 0 Å². The van der Waals surface area contributed by atoms with Gasteiger partial charge in [-0.1, -0.05) is 21.8 Å². The molecule has 2 nitrogen and oxygen atoms in total. The van der Waals surface area contributed by atoms with Crippen molar-refractivity contribution in [3.63, 3.8) is 0 Å². The lowest BCUT2D eigenvalue weighted by atomic mass is 10.6. The molecule has 0 radical (unpaired) electrons. The first-order valence-electron chi connectivity index (χ1n) is 4.39. The Morgan fingerprint density at radius 1 is 1.08 bits per heavy atom. The molecule has 0 aromatic heterocycles. The van der Waals surface area contributed by atoms with Crippen LogP contribution in [0.15, 0.2) is 0 Å². The monoisotopic (exact) mass is 305 g/mol. The Kier molecular flexibility index (Phi) is 15.5. The summed E-state index contributed by atoms with van der Waals surface area (Å²) in [4.78, 5) is 4.92. The standard InChI is InChI=1S/C7H16N2.BrH.H5P3/c1-3-8-5-6-9(4-2)7-8;;1-3-2/h3-7H2,1-2H3;1H;3H,1-2H2/p-1. The Morgan fingerprint density at radius 3 is 1.54 bits per heavy atom. The highest BCUT2D eigenvalue weighted by Gasteiger charge is 2.15. The van der Waals surface area contributed by atoms with Gasteiger partial charge in [-0.25, -0.2) is 0 Å². The molecule has 2 unspecified atom stereocenters. The van der Waals surface area contributed by atoms with Crippen molar-refractivity contribution in [1.29, 1.82) is 0 Å². The fraction of sp³-hybridized carbons (Fsp3) is 1.00. The van der Waals surface area contributed by atoms with Crippen LogP contribution in [0.5, 0.6) is 0 Å². The molecule has 82 valence electrons. The van der Waals surface area contributed by atoms with Gasteiger partial charge in [-0.15, -0.1) is 17.9 Å². The smallest absolute Gasteiger partial charge is 0.0507 e. The molecule has 1 aliphatic heterocycles. The Balaban J connectivity index is 0. The van der Waals surface area contributed by atoms with Crippen molar-refractivity contribution in [3.8, 4) is 0 Å². The Morgan fingerprint density at radius 2 is 1.38 bits per heavy atom. The minimum atomic E-state index is 0. The lowest BCUT2D eigenvalue weighted by Crippen LogP contribution is -3.00. The first kappa shape index (κ1) is 17.1. The van der Waals surface area contributed by atoms with E-state index in [0.717, 1.165) is 7.96 Å². The van der Waals surface area contributed by atoms with E-state index in [0.29, 0.717) is 0 Å². The van der Waals surface area contributed by atoms with Crippen LogP contribution in [-0.4, -0.2) is 42.6 Å². The van der Waals surface area contributed by atoms with E-state index in [9.17, 15) is 0 Å². The number of halogens is 1. The largest absolute Gasteiger partial charge is 1.00 e. The van der Waals surface area contributed by atoms with E-state index in [4.69, 9.17) is 0 Å². The van der Waals surface area contributed by atoms with E-state index in [1.165, 1.54) is 32.8 Å². The molecular formula is C7H21BrN2P3-. The molecule has 13 heavy (non-hydrogen) atoms. The number of nitrogens with zero attached hydrogens (tertiary/aromatic N) is 2. The molecule has 0 aliphatic carbocycles. The average Bonchev–Trinajstić information content (AvgIpc) is 2.53. The Labute approximate surface area is 99.3 Å². The first-order chi connectivity index (χ1) is 5.78. The van der Waals surface area contributed by atoms with Gasteiger partial charge in [-0.05, 0) is 13.1 Å². The van der Waals surface area contributed by atoms with Crippen molar-refractivity contribution >= 4 is 25.8 Å². The molecular weight excluding hydrogens is 285 g/mol. The van der Waals surface area contributed by atoms with Crippen molar-refractivity contribution in [2.75, 3.05) is 32.8 Å². The Bertz CT molecular complexity index is 97.7. The van der Waals surface area contributed by atoms with E-state index in [1.807, 2.05) is 0 Å². The zero-order chi connectivity index (χ0) is 9.40. The van der Waals surface area contributed by atoms with Crippen molar-refractivity contribution in [2.24, 2.45) is 0 Å². The zero-order valence-electron chi connectivity index (χ0n) is 8.46. The summed E-state index contributed by atoms with van der Waals surface area (Å²) in [6.45, 7) is 10.6. The van der Waals surface area contributed by atoms with Gasteiger partial charge in [0.2, 0.25) is 0 Å². The lowest BCUT2D eigenvalue weighted by molar-refractivity contribution is -0.00000243. The minimum absolute atomic E-state index is 0. The highest BCUT2D eigenvalue weighted by molar-refractivity contribution is 8.33. The van der Waals surface area contributed by atoms with Crippen LogP contribution in [-0.2, 0) is 0 Å². The molecule has 0 N–H and O–H groups in total. The molecule has 0 aromatic rings. The molecule has 6 heteroatoms. The van der Waals surface area contributed by atoms with Crippen LogP contribution < -0.4 is 17.0 Å². The predicted octanol–water partition coefficient (Wildman–Crippen LogP) is -1.15. The molecule has 0 amide bonds. The van der Waals surface area contributed by atoms with Gasteiger partial charge in [0, 0.05) is 13.1 Å². The number of hydrogen-bond acceptors (Lipinski definition) is 2. The molecule has 2 atom stereocenters. The van der Waals surface area contributed by atoms with Gasteiger partial charge >= 0.3 is 0 Å². The molecule has 1 fully saturated rings. The molecule has 1 rings (SSSR count). The van der Waals surface area contributed by atoms with Crippen LogP contribution in [0.25, 0.3) is 0 Å². The lowest BCUT2D eigenvalue weighted by Gasteiger charge is -2.13. The van der Waals surface area contributed by atoms with E-state index in [1.54, 1.807) is 0 Å². The predicted molar refractivity (Wildman–Crippen MR) is 67.1 cm³/mol. The van der Waals surface area contributed by atoms with Crippen LogP contribution in [0.2, 0.25) is 0 Å². The maximum absolute atomic E-state index is 2.57. The summed E-state index contributed by atoms with van der Waals surface area (Å²) in [5.74, 6) is 0. The molecule has 0 saturated carbocycles. The van der Waals surface area contributed by atoms with E-state index < -0.39 is 0 Å². The van der Waals surface area contributed by atoms with Gasteiger partial charge in [0.25, 0.3) is 0 Å².